The van der Waals surface area contributed by atoms with Gasteiger partial charge in [-0.05, 0) is 38.4 Å². The molecule has 0 radical (unpaired) electrons. The number of rotatable bonds is 4. The van der Waals surface area contributed by atoms with Gasteiger partial charge in [-0.3, -0.25) is 9.69 Å². The Morgan fingerprint density at radius 2 is 2.10 bits per heavy atom. The molecule has 0 unspecified atom stereocenters. The summed E-state index contributed by atoms with van der Waals surface area (Å²) >= 11 is 0. The number of hydrogen-bond acceptors (Lipinski definition) is 3. The fourth-order valence-electron chi connectivity index (χ4n) is 2.56. The smallest absolute Gasteiger partial charge is 0.310 e. The number of piperidine rings is 1. The first-order valence-electron chi connectivity index (χ1n) is 6.93. The summed E-state index contributed by atoms with van der Waals surface area (Å²) in [6, 6.07) is 3.86. The minimum absolute atomic E-state index is 0.0667. The predicted molar refractivity (Wildman–Crippen MR) is 71.0 cm³/mol. The van der Waals surface area contributed by atoms with Crippen molar-refractivity contribution in [2.75, 3.05) is 19.7 Å². The fourth-order valence-corrected chi connectivity index (χ4v) is 2.56. The molecule has 3 nitrogen and oxygen atoms in total. The zero-order valence-corrected chi connectivity index (χ0v) is 11.6. The second kappa shape index (κ2) is 6.79. The molecule has 1 aromatic carbocycles. The van der Waals surface area contributed by atoms with Crippen molar-refractivity contribution in [3.05, 3.63) is 35.4 Å². The minimum Gasteiger partial charge on any atom is -0.466 e. The number of halogens is 2. The van der Waals surface area contributed by atoms with Gasteiger partial charge in [0.05, 0.1) is 12.5 Å². The average Bonchev–Trinajstić information content (AvgIpc) is 2.44. The minimum atomic E-state index is -0.539. The molecule has 0 aromatic heterocycles. The normalized spacial score (nSPS) is 19.9. The average molecular weight is 283 g/mol. The zero-order valence-electron chi connectivity index (χ0n) is 11.6. The van der Waals surface area contributed by atoms with Crippen LogP contribution in [0.3, 0.4) is 0 Å². The molecular weight excluding hydrogens is 264 g/mol. The summed E-state index contributed by atoms with van der Waals surface area (Å²) in [5, 5.41) is 0. The van der Waals surface area contributed by atoms with Crippen LogP contribution in [0.5, 0.6) is 0 Å². The van der Waals surface area contributed by atoms with Gasteiger partial charge in [0.25, 0.3) is 0 Å². The van der Waals surface area contributed by atoms with Crippen LogP contribution in [0.2, 0.25) is 0 Å². The number of ether oxygens (including phenoxy) is 1. The highest BCUT2D eigenvalue weighted by atomic mass is 19.1. The summed E-state index contributed by atoms with van der Waals surface area (Å²) in [6.07, 6.45) is 1.61. The summed E-state index contributed by atoms with van der Waals surface area (Å²) in [4.78, 5) is 13.6. The van der Waals surface area contributed by atoms with Gasteiger partial charge < -0.3 is 4.74 Å². The van der Waals surface area contributed by atoms with Crippen molar-refractivity contribution in [3.63, 3.8) is 0 Å². The molecule has 2 rings (SSSR count). The van der Waals surface area contributed by atoms with Crippen LogP contribution in [0.1, 0.15) is 25.3 Å². The fraction of sp³-hybridized carbons (Fsp3) is 0.533. The highest BCUT2D eigenvalue weighted by Crippen LogP contribution is 2.22. The molecule has 1 aromatic rings. The Kier molecular flexibility index (Phi) is 5.06. The van der Waals surface area contributed by atoms with E-state index in [1.807, 2.05) is 4.90 Å². The maximum Gasteiger partial charge on any atom is 0.310 e. The highest BCUT2D eigenvalue weighted by molar-refractivity contribution is 5.72. The van der Waals surface area contributed by atoms with Gasteiger partial charge in [0.2, 0.25) is 0 Å². The molecule has 1 aliphatic heterocycles. The van der Waals surface area contributed by atoms with E-state index < -0.39 is 11.6 Å². The first-order chi connectivity index (χ1) is 9.61. The lowest BCUT2D eigenvalue weighted by Crippen LogP contribution is -2.39. The summed E-state index contributed by atoms with van der Waals surface area (Å²) in [5.74, 6) is -1.49. The molecule has 0 saturated carbocycles. The SMILES string of the molecule is CCOC(=O)[C@@H]1CCCN(Cc2c(F)cccc2F)C1. The van der Waals surface area contributed by atoms with E-state index in [2.05, 4.69) is 0 Å². The van der Waals surface area contributed by atoms with Crippen LogP contribution in [-0.4, -0.2) is 30.6 Å². The molecule has 110 valence electrons. The van der Waals surface area contributed by atoms with Crippen molar-refractivity contribution < 1.29 is 18.3 Å². The van der Waals surface area contributed by atoms with Crippen molar-refractivity contribution in [2.45, 2.75) is 26.3 Å². The van der Waals surface area contributed by atoms with Crippen LogP contribution in [0.15, 0.2) is 18.2 Å². The predicted octanol–water partition coefficient (Wildman–Crippen LogP) is 2.74. The van der Waals surface area contributed by atoms with E-state index in [-0.39, 0.29) is 24.0 Å². The molecule has 5 heteroatoms. The van der Waals surface area contributed by atoms with Gasteiger partial charge in [0, 0.05) is 18.7 Å². The number of likely N-dealkylation sites (tertiary alicyclic amines) is 1. The van der Waals surface area contributed by atoms with Crippen LogP contribution in [0.4, 0.5) is 8.78 Å². The van der Waals surface area contributed by atoms with Gasteiger partial charge in [-0.1, -0.05) is 6.07 Å². The maximum atomic E-state index is 13.6. The van der Waals surface area contributed by atoms with Crippen molar-refractivity contribution in [3.8, 4) is 0 Å². The number of esters is 1. The number of benzene rings is 1. The maximum absolute atomic E-state index is 13.6. The second-order valence-corrected chi connectivity index (χ2v) is 5.03. The van der Waals surface area contributed by atoms with Gasteiger partial charge in [0.1, 0.15) is 11.6 Å². The third-order valence-electron chi connectivity index (χ3n) is 3.57. The molecule has 0 amide bonds. The Morgan fingerprint density at radius 3 is 2.75 bits per heavy atom. The third kappa shape index (κ3) is 3.54. The largest absolute Gasteiger partial charge is 0.466 e. The summed E-state index contributed by atoms with van der Waals surface area (Å²) < 4.78 is 32.3. The highest BCUT2D eigenvalue weighted by Gasteiger charge is 2.27. The van der Waals surface area contributed by atoms with E-state index in [4.69, 9.17) is 4.74 Å². The van der Waals surface area contributed by atoms with Crippen LogP contribution in [-0.2, 0) is 16.1 Å². The van der Waals surface area contributed by atoms with Crippen molar-refractivity contribution in [1.82, 2.24) is 4.90 Å². The molecular formula is C15H19F2NO2. The molecule has 0 N–H and O–H groups in total. The number of carbonyl (C=O) groups excluding carboxylic acids is 1. The lowest BCUT2D eigenvalue weighted by Gasteiger charge is -2.31. The van der Waals surface area contributed by atoms with E-state index in [9.17, 15) is 13.6 Å². The quantitative estimate of drug-likeness (QED) is 0.796. The molecule has 1 fully saturated rings. The molecule has 1 saturated heterocycles. The monoisotopic (exact) mass is 283 g/mol. The first-order valence-corrected chi connectivity index (χ1v) is 6.93. The molecule has 1 heterocycles. The Labute approximate surface area is 117 Å². The van der Waals surface area contributed by atoms with Crippen LogP contribution < -0.4 is 0 Å². The number of carbonyl (C=O) groups is 1. The lowest BCUT2D eigenvalue weighted by molar-refractivity contribution is -0.150. The van der Waals surface area contributed by atoms with Gasteiger partial charge in [-0.25, -0.2) is 8.78 Å². The van der Waals surface area contributed by atoms with E-state index in [1.165, 1.54) is 18.2 Å². The van der Waals surface area contributed by atoms with Gasteiger partial charge in [0.15, 0.2) is 0 Å². The molecule has 1 atom stereocenters. The Morgan fingerprint density at radius 1 is 1.40 bits per heavy atom. The van der Waals surface area contributed by atoms with E-state index in [0.29, 0.717) is 13.2 Å². The summed E-state index contributed by atoms with van der Waals surface area (Å²) in [7, 11) is 0. The van der Waals surface area contributed by atoms with Crippen molar-refractivity contribution >= 4 is 5.97 Å². The Hall–Kier alpha value is -1.49. The molecule has 0 bridgehead atoms. The van der Waals surface area contributed by atoms with Crippen molar-refractivity contribution in [1.29, 1.82) is 0 Å². The van der Waals surface area contributed by atoms with Crippen LogP contribution >= 0.6 is 0 Å². The molecule has 20 heavy (non-hydrogen) atoms. The summed E-state index contributed by atoms with van der Waals surface area (Å²) in [5.41, 5.74) is 0.0667. The standard InChI is InChI=1S/C15H19F2NO2/c1-2-20-15(19)11-5-4-8-18(9-11)10-12-13(16)6-3-7-14(12)17/h3,6-7,11H,2,4-5,8-10H2,1H3/t11-/m1/s1. The molecule has 1 aliphatic rings. The Balaban J connectivity index is 2.01. The van der Waals surface area contributed by atoms with Gasteiger partial charge >= 0.3 is 5.97 Å². The number of hydrogen-bond donors (Lipinski definition) is 0. The second-order valence-electron chi connectivity index (χ2n) is 5.03. The first kappa shape index (κ1) is 14.9. The summed E-state index contributed by atoms with van der Waals surface area (Å²) in [6.45, 7) is 3.55. The molecule has 0 aliphatic carbocycles. The number of nitrogens with zero attached hydrogens (tertiary/aromatic N) is 1. The van der Waals surface area contributed by atoms with Crippen molar-refractivity contribution in [2.24, 2.45) is 5.92 Å². The topological polar surface area (TPSA) is 29.5 Å². The van der Waals surface area contributed by atoms with Gasteiger partial charge in [-0.2, -0.15) is 0 Å². The lowest BCUT2D eigenvalue weighted by atomic mass is 9.97. The van der Waals surface area contributed by atoms with Gasteiger partial charge in [-0.15, -0.1) is 0 Å². The zero-order chi connectivity index (χ0) is 14.5. The Bertz CT molecular complexity index is 459. The van der Waals surface area contributed by atoms with E-state index in [0.717, 1.165) is 19.4 Å². The van der Waals surface area contributed by atoms with Crippen LogP contribution in [0.25, 0.3) is 0 Å². The molecule has 0 spiro atoms. The third-order valence-corrected chi connectivity index (χ3v) is 3.57. The van der Waals surface area contributed by atoms with E-state index >= 15 is 0 Å². The van der Waals surface area contributed by atoms with Crippen LogP contribution in [0, 0.1) is 17.6 Å². The van der Waals surface area contributed by atoms with E-state index in [1.54, 1.807) is 6.92 Å².